The number of rotatable bonds is 4. The van der Waals surface area contributed by atoms with E-state index in [1.165, 1.54) is 9.80 Å². The number of fused-ring (bicyclic) bond motifs is 5. The summed E-state index contributed by atoms with van der Waals surface area (Å²) in [5.41, 5.74) is 1.83. The van der Waals surface area contributed by atoms with E-state index in [2.05, 4.69) is 6.08 Å². The SMILES string of the molecule is O=C1[C@H]2[C@H](CC=C3[C@H]2C[C@H]2C(=O)N(c4cccc(Cl)c4)C(=O)[C@@]2(c2ccccc2)[C@H]3c2ccc(O)c3ccccc23)C(=O)N1c1ccccc1. The van der Waals surface area contributed by atoms with Crippen LogP contribution in [0.15, 0.2) is 133 Å². The number of halogens is 1. The van der Waals surface area contributed by atoms with Crippen LogP contribution in [0.5, 0.6) is 5.75 Å². The van der Waals surface area contributed by atoms with E-state index in [0.717, 1.165) is 16.5 Å². The van der Waals surface area contributed by atoms with E-state index in [9.17, 15) is 19.5 Å². The second kappa shape index (κ2) is 11.3. The van der Waals surface area contributed by atoms with Gasteiger partial charge in [0.2, 0.25) is 23.6 Å². The number of anilines is 2. The first kappa shape index (κ1) is 30.5. The predicted octanol–water partition coefficient (Wildman–Crippen LogP) is 7.57. The maximum atomic E-state index is 15.5. The second-order valence-electron chi connectivity index (χ2n) is 13.7. The molecule has 2 aliphatic carbocycles. The fraction of sp³-hybridized carbons (Fsp3) is 0.190. The lowest BCUT2D eigenvalue weighted by Gasteiger charge is -2.51. The van der Waals surface area contributed by atoms with E-state index in [4.69, 9.17) is 11.6 Å². The molecular weight excluding hydrogens is 648 g/mol. The van der Waals surface area contributed by atoms with Crippen LogP contribution in [-0.2, 0) is 24.6 Å². The maximum Gasteiger partial charge on any atom is 0.246 e. The third-order valence-corrected chi connectivity index (χ3v) is 11.7. The number of phenolic OH excluding ortho intramolecular Hbond substituents is 1. The Morgan fingerprint density at radius 2 is 1.34 bits per heavy atom. The summed E-state index contributed by atoms with van der Waals surface area (Å²) in [6.07, 6.45) is 2.59. The van der Waals surface area contributed by atoms with Gasteiger partial charge < -0.3 is 5.11 Å². The first-order chi connectivity index (χ1) is 24.3. The largest absolute Gasteiger partial charge is 0.507 e. The van der Waals surface area contributed by atoms with Crippen molar-refractivity contribution < 1.29 is 24.3 Å². The zero-order valence-corrected chi connectivity index (χ0v) is 27.5. The van der Waals surface area contributed by atoms with Gasteiger partial charge in [0.05, 0.1) is 34.5 Å². The fourth-order valence-electron chi connectivity index (χ4n) is 9.48. The number of hydrogen-bond acceptors (Lipinski definition) is 5. The molecule has 1 N–H and O–H groups in total. The summed E-state index contributed by atoms with van der Waals surface area (Å²) >= 11 is 6.43. The van der Waals surface area contributed by atoms with Crippen molar-refractivity contribution in [2.75, 3.05) is 9.80 Å². The number of carbonyl (C=O) groups excluding carboxylic acids is 4. The number of aromatic hydroxyl groups is 1. The first-order valence-corrected chi connectivity index (χ1v) is 17.2. The van der Waals surface area contributed by atoms with Gasteiger partial charge in [-0.25, -0.2) is 4.90 Å². The highest BCUT2D eigenvalue weighted by Gasteiger charge is 2.70. The zero-order chi connectivity index (χ0) is 34.3. The van der Waals surface area contributed by atoms with Gasteiger partial charge in [0.15, 0.2) is 0 Å². The van der Waals surface area contributed by atoms with E-state index in [0.29, 0.717) is 33.8 Å². The monoisotopic (exact) mass is 678 g/mol. The van der Waals surface area contributed by atoms with Crippen LogP contribution in [0.3, 0.4) is 0 Å². The average molecular weight is 679 g/mol. The molecular formula is C42H31ClN2O5. The highest BCUT2D eigenvalue weighted by atomic mass is 35.5. The maximum absolute atomic E-state index is 15.5. The van der Waals surface area contributed by atoms with Crippen molar-refractivity contribution in [3.63, 3.8) is 0 Å². The fourth-order valence-corrected chi connectivity index (χ4v) is 9.66. The predicted molar refractivity (Wildman–Crippen MR) is 191 cm³/mol. The summed E-state index contributed by atoms with van der Waals surface area (Å²) in [4.78, 5) is 61.5. The number of phenols is 1. The first-order valence-electron chi connectivity index (χ1n) is 16.8. The molecule has 4 amide bonds. The molecule has 2 heterocycles. The molecule has 0 spiro atoms. The van der Waals surface area contributed by atoms with Gasteiger partial charge in [0, 0.05) is 16.3 Å². The van der Waals surface area contributed by atoms with E-state index >= 15 is 4.79 Å². The molecule has 2 aliphatic heterocycles. The van der Waals surface area contributed by atoms with Crippen LogP contribution < -0.4 is 9.80 Å². The number of hydrogen-bond donors (Lipinski definition) is 1. The molecule has 246 valence electrons. The average Bonchev–Trinajstić information content (AvgIpc) is 3.53. The topological polar surface area (TPSA) is 95.0 Å². The minimum Gasteiger partial charge on any atom is -0.507 e. The third kappa shape index (κ3) is 4.10. The van der Waals surface area contributed by atoms with Gasteiger partial charge in [0.1, 0.15) is 5.75 Å². The van der Waals surface area contributed by atoms with Gasteiger partial charge in [-0.1, -0.05) is 108 Å². The molecule has 0 aromatic heterocycles. The minimum absolute atomic E-state index is 0.101. The van der Waals surface area contributed by atoms with Crippen molar-refractivity contribution >= 4 is 57.4 Å². The summed E-state index contributed by atoms with van der Waals surface area (Å²) in [7, 11) is 0. The molecule has 0 unspecified atom stereocenters. The van der Waals surface area contributed by atoms with Crippen molar-refractivity contribution in [2.45, 2.75) is 24.2 Å². The van der Waals surface area contributed by atoms with Crippen LogP contribution in [-0.4, -0.2) is 28.7 Å². The summed E-state index contributed by atoms with van der Waals surface area (Å²) in [6, 6.07) is 36.1. The van der Waals surface area contributed by atoms with Crippen LogP contribution >= 0.6 is 11.6 Å². The molecule has 5 aromatic rings. The van der Waals surface area contributed by atoms with E-state index in [-0.39, 0.29) is 35.8 Å². The number of allylic oxidation sites excluding steroid dienone is 2. The zero-order valence-electron chi connectivity index (χ0n) is 26.8. The molecule has 7 nitrogen and oxygen atoms in total. The van der Waals surface area contributed by atoms with Crippen LogP contribution in [0, 0.1) is 23.7 Å². The highest BCUT2D eigenvalue weighted by molar-refractivity contribution is 6.32. The number of nitrogens with zero attached hydrogens (tertiary/aromatic N) is 2. The van der Waals surface area contributed by atoms with Crippen LogP contribution in [0.4, 0.5) is 11.4 Å². The Morgan fingerprint density at radius 1 is 0.660 bits per heavy atom. The Hall–Kier alpha value is -5.53. The smallest absolute Gasteiger partial charge is 0.246 e. The molecule has 8 heteroatoms. The van der Waals surface area contributed by atoms with Crippen molar-refractivity contribution in [1.29, 1.82) is 0 Å². The summed E-state index contributed by atoms with van der Waals surface area (Å²) in [6.45, 7) is 0. The molecule has 3 fully saturated rings. The summed E-state index contributed by atoms with van der Waals surface area (Å²) in [5, 5.41) is 12.7. The van der Waals surface area contributed by atoms with Gasteiger partial charge in [0.25, 0.3) is 0 Å². The Bertz CT molecular complexity index is 2290. The second-order valence-corrected chi connectivity index (χ2v) is 14.1. The lowest BCUT2D eigenvalue weighted by Crippen LogP contribution is -2.53. The van der Waals surface area contributed by atoms with Crippen molar-refractivity contribution in [3.05, 3.63) is 149 Å². The normalized spacial score (nSPS) is 27.3. The Morgan fingerprint density at radius 3 is 2.08 bits per heavy atom. The molecule has 9 rings (SSSR count). The van der Waals surface area contributed by atoms with Gasteiger partial charge >= 0.3 is 0 Å². The van der Waals surface area contributed by atoms with Gasteiger partial charge in [-0.3, -0.25) is 24.1 Å². The Balaban J connectivity index is 1.32. The summed E-state index contributed by atoms with van der Waals surface area (Å²) < 4.78 is 0. The molecule has 4 aliphatic rings. The van der Waals surface area contributed by atoms with Gasteiger partial charge in [-0.2, -0.15) is 0 Å². The quantitative estimate of drug-likeness (QED) is 0.156. The van der Waals surface area contributed by atoms with Crippen molar-refractivity contribution in [3.8, 4) is 5.75 Å². The van der Waals surface area contributed by atoms with Crippen LogP contribution in [0.2, 0.25) is 5.02 Å². The summed E-state index contributed by atoms with van der Waals surface area (Å²) in [5.74, 6) is -4.53. The Labute approximate surface area is 293 Å². The van der Waals surface area contributed by atoms with E-state index in [1.54, 1.807) is 54.6 Å². The Kier molecular flexibility index (Phi) is 6.87. The molecule has 2 saturated heterocycles. The highest BCUT2D eigenvalue weighted by Crippen LogP contribution is 2.65. The van der Waals surface area contributed by atoms with Gasteiger partial charge in [-0.05, 0) is 71.7 Å². The van der Waals surface area contributed by atoms with Gasteiger partial charge in [-0.15, -0.1) is 0 Å². The number of imide groups is 2. The molecule has 0 radical (unpaired) electrons. The number of para-hydroxylation sites is 1. The lowest BCUT2D eigenvalue weighted by atomic mass is 9.49. The van der Waals surface area contributed by atoms with E-state index < -0.39 is 35.0 Å². The van der Waals surface area contributed by atoms with E-state index in [1.807, 2.05) is 66.7 Å². The number of benzene rings is 5. The third-order valence-electron chi connectivity index (χ3n) is 11.4. The molecule has 0 bridgehead atoms. The molecule has 5 aromatic carbocycles. The molecule has 1 saturated carbocycles. The van der Waals surface area contributed by atoms with Crippen LogP contribution in [0.1, 0.15) is 29.9 Å². The minimum atomic E-state index is -1.40. The van der Waals surface area contributed by atoms with Crippen molar-refractivity contribution in [2.24, 2.45) is 23.7 Å². The number of carbonyl (C=O) groups is 4. The lowest BCUT2D eigenvalue weighted by molar-refractivity contribution is -0.127. The van der Waals surface area contributed by atoms with Crippen LogP contribution in [0.25, 0.3) is 10.8 Å². The molecule has 6 atom stereocenters. The molecule has 50 heavy (non-hydrogen) atoms. The standard InChI is InChI=1S/C42H31ClN2O5/c43-25-12-9-15-27(22-25)45-39(48)34-23-33-31(18-19-32-36(33)40(49)44(38(32)47)26-13-5-2-6-14-26)37(42(34,41(45)50)24-10-3-1-4-11-24)30-20-21-35(46)29-17-8-7-16-28(29)30/h1-18,20-22,32-34,36-37,46H,19,23H2/t32-,33+,34-,36-,37-,42+/m0/s1. The van der Waals surface area contributed by atoms with Crippen molar-refractivity contribution in [1.82, 2.24) is 0 Å². The number of amides is 4.